The van der Waals surface area contributed by atoms with Crippen LogP contribution in [0.2, 0.25) is 0 Å². The fraction of sp³-hybridized carbons (Fsp3) is 0.556. The van der Waals surface area contributed by atoms with Crippen LogP contribution in [0.25, 0.3) is 0 Å². The van der Waals surface area contributed by atoms with E-state index >= 15 is 0 Å². The molecule has 2 aliphatic heterocycles. The van der Waals surface area contributed by atoms with Crippen LogP contribution in [-0.4, -0.2) is 29.4 Å². The molecule has 0 saturated carbocycles. The van der Waals surface area contributed by atoms with Gasteiger partial charge in [-0.2, -0.15) is 0 Å². The lowest BCUT2D eigenvalue weighted by atomic mass is 10.1. The smallest absolute Gasteiger partial charge is 0.224 e. The Kier molecular flexibility index (Phi) is 6.11. The average molecular weight is 365 g/mol. The molecule has 130 valence electrons. The summed E-state index contributed by atoms with van der Waals surface area (Å²) < 4.78 is 0. The Morgan fingerprint density at radius 3 is 2.96 bits per heavy atom. The highest BCUT2D eigenvalue weighted by Gasteiger charge is 2.22. The first-order valence-corrected chi connectivity index (χ1v) is 11.0. The number of carbonyl (C=O) groups is 2. The first-order valence-electron chi connectivity index (χ1n) is 8.62. The molecule has 1 fully saturated rings. The number of carbonyl (C=O) groups excluding carboxylic acids is 2. The molecule has 1 N–H and O–H groups in total. The molecule has 2 heterocycles. The number of hydrogen-bond acceptors (Lipinski definition) is 4. The molecule has 0 bridgehead atoms. The maximum absolute atomic E-state index is 12.1. The molecule has 1 saturated heterocycles. The van der Waals surface area contributed by atoms with Gasteiger partial charge in [0.15, 0.2) is 0 Å². The maximum Gasteiger partial charge on any atom is 0.224 e. The second-order valence-corrected chi connectivity index (χ2v) is 9.17. The van der Waals surface area contributed by atoms with Gasteiger partial charge in [0.05, 0.1) is 0 Å². The number of amides is 2. The van der Waals surface area contributed by atoms with Crippen LogP contribution in [0.15, 0.2) is 18.2 Å². The molecule has 2 amide bonds. The maximum atomic E-state index is 12.1. The van der Waals surface area contributed by atoms with Crippen molar-refractivity contribution in [3.8, 4) is 0 Å². The van der Waals surface area contributed by atoms with Gasteiger partial charge in [-0.15, -0.1) is 0 Å². The van der Waals surface area contributed by atoms with E-state index in [0.29, 0.717) is 6.42 Å². The number of nitrogens with zero attached hydrogens (tertiary/aromatic N) is 1. The predicted molar refractivity (Wildman–Crippen MR) is 104 cm³/mol. The van der Waals surface area contributed by atoms with Crippen molar-refractivity contribution in [2.75, 3.05) is 22.5 Å². The molecular weight excluding hydrogens is 340 g/mol. The van der Waals surface area contributed by atoms with Gasteiger partial charge in [-0.25, -0.2) is 0 Å². The van der Waals surface area contributed by atoms with Crippen LogP contribution < -0.4 is 10.2 Å². The predicted octanol–water partition coefficient (Wildman–Crippen LogP) is 4.25. The SMILES string of the molecule is CC(=O)N1CCc2cc(NC(=O)CCCCC3CCSS3)ccc21. The summed E-state index contributed by atoms with van der Waals surface area (Å²) in [5.41, 5.74) is 2.96. The molecule has 0 spiro atoms. The summed E-state index contributed by atoms with van der Waals surface area (Å²) in [6.45, 7) is 2.33. The van der Waals surface area contributed by atoms with Crippen LogP contribution >= 0.6 is 21.6 Å². The van der Waals surface area contributed by atoms with Crippen molar-refractivity contribution in [2.24, 2.45) is 0 Å². The molecular formula is C18H24N2O2S2. The second kappa shape index (κ2) is 8.30. The highest BCUT2D eigenvalue weighted by molar-refractivity contribution is 8.77. The van der Waals surface area contributed by atoms with Crippen molar-refractivity contribution in [1.82, 2.24) is 0 Å². The first kappa shape index (κ1) is 17.7. The van der Waals surface area contributed by atoms with Gasteiger partial charge in [-0.3, -0.25) is 9.59 Å². The minimum Gasteiger partial charge on any atom is -0.326 e. The van der Waals surface area contributed by atoms with Crippen LogP contribution in [0.5, 0.6) is 0 Å². The Hall–Kier alpha value is -1.14. The largest absolute Gasteiger partial charge is 0.326 e. The van der Waals surface area contributed by atoms with Gasteiger partial charge in [0.1, 0.15) is 0 Å². The molecule has 0 aromatic heterocycles. The van der Waals surface area contributed by atoms with Gasteiger partial charge in [0, 0.05) is 42.3 Å². The quantitative estimate of drug-likeness (QED) is 0.606. The second-order valence-electron chi connectivity index (χ2n) is 6.39. The van der Waals surface area contributed by atoms with E-state index in [2.05, 4.69) is 5.32 Å². The summed E-state index contributed by atoms with van der Waals surface area (Å²) in [6, 6.07) is 5.83. The van der Waals surface area contributed by atoms with E-state index in [1.807, 2.05) is 39.8 Å². The van der Waals surface area contributed by atoms with Crippen LogP contribution in [-0.2, 0) is 16.0 Å². The van der Waals surface area contributed by atoms with Crippen molar-refractivity contribution in [2.45, 2.75) is 50.7 Å². The third-order valence-electron chi connectivity index (χ3n) is 4.55. The fourth-order valence-corrected chi connectivity index (χ4v) is 6.28. The number of benzene rings is 1. The number of unbranched alkanes of at least 4 members (excludes halogenated alkanes) is 1. The monoisotopic (exact) mass is 364 g/mol. The number of nitrogens with one attached hydrogen (secondary N) is 1. The van der Waals surface area contributed by atoms with E-state index in [9.17, 15) is 9.59 Å². The van der Waals surface area contributed by atoms with Crippen molar-refractivity contribution in [3.63, 3.8) is 0 Å². The molecule has 1 atom stereocenters. The number of fused-ring (bicyclic) bond motifs is 1. The van der Waals surface area contributed by atoms with Crippen molar-refractivity contribution in [3.05, 3.63) is 23.8 Å². The van der Waals surface area contributed by atoms with Crippen molar-refractivity contribution < 1.29 is 9.59 Å². The lowest BCUT2D eigenvalue weighted by molar-refractivity contribution is -0.117. The summed E-state index contributed by atoms with van der Waals surface area (Å²) in [7, 11) is 3.98. The highest BCUT2D eigenvalue weighted by atomic mass is 33.1. The fourth-order valence-electron chi connectivity index (χ4n) is 3.25. The number of hydrogen-bond donors (Lipinski definition) is 1. The van der Waals surface area contributed by atoms with Gasteiger partial charge >= 0.3 is 0 Å². The normalized spacial score (nSPS) is 19.4. The third kappa shape index (κ3) is 4.48. The zero-order valence-electron chi connectivity index (χ0n) is 14.0. The molecule has 1 aromatic carbocycles. The first-order chi connectivity index (χ1) is 11.6. The summed E-state index contributed by atoms with van der Waals surface area (Å²) >= 11 is 0. The minimum atomic E-state index is 0.0735. The topological polar surface area (TPSA) is 49.4 Å². The Labute approximate surface area is 151 Å². The third-order valence-corrected chi connectivity index (χ3v) is 7.55. The molecule has 0 aliphatic carbocycles. The summed E-state index contributed by atoms with van der Waals surface area (Å²) in [4.78, 5) is 25.5. The van der Waals surface area contributed by atoms with Crippen LogP contribution in [0, 0.1) is 0 Å². The van der Waals surface area contributed by atoms with Gasteiger partial charge < -0.3 is 10.2 Å². The lowest BCUT2D eigenvalue weighted by Crippen LogP contribution is -2.25. The van der Waals surface area contributed by atoms with Gasteiger partial charge in [0.2, 0.25) is 11.8 Å². The van der Waals surface area contributed by atoms with E-state index in [-0.39, 0.29) is 11.8 Å². The Bertz CT molecular complexity index is 615. The van der Waals surface area contributed by atoms with Crippen LogP contribution in [0.3, 0.4) is 0 Å². The van der Waals surface area contributed by atoms with Crippen LogP contribution in [0.4, 0.5) is 11.4 Å². The average Bonchev–Trinajstić information content (AvgIpc) is 3.20. The van der Waals surface area contributed by atoms with E-state index in [1.54, 1.807) is 11.8 Å². The standard InChI is InChI=1S/C18H24N2O2S2/c1-13(21)20-10-8-14-12-15(6-7-17(14)20)19-18(22)5-3-2-4-16-9-11-23-24-16/h6-7,12,16H,2-5,8-11H2,1H3,(H,19,22). The van der Waals surface area contributed by atoms with Crippen molar-refractivity contribution >= 4 is 44.8 Å². The molecule has 1 unspecified atom stereocenters. The molecule has 6 heteroatoms. The van der Waals surface area contributed by atoms with E-state index in [1.165, 1.54) is 18.6 Å². The van der Waals surface area contributed by atoms with E-state index in [0.717, 1.165) is 48.0 Å². The Morgan fingerprint density at radius 2 is 2.21 bits per heavy atom. The summed E-state index contributed by atoms with van der Waals surface area (Å²) in [6.07, 6.45) is 6.06. The minimum absolute atomic E-state index is 0.0735. The number of rotatable bonds is 6. The zero-order valence-corrected chi connectivity index (χ0v) is 15.7. The van der Waals surface area contributed by atoms with Gasteiger partial charge in [-0.1, -0.05) is 28.0 Å². The molecule has 0 radical (unpaired) electrons. The molecule has 2 aliphatic rings. The van der Waals surface area contributed by atoms with Gasteiger partial charge in [0.25, 0.3) is 0 Å². The molecule has 1 aromatic rings. The molecule has 24 heavy (non-hydrogen) atoms. The number of anilines is 2. The zero-order chi connectivity index (χ0) is 16.9. The summed E-state index contributed by atoms with van der Waals surface area (Å²) in [5, 5.41) is 3.78. The highest BCUT2D eigenvalue weighted by Crippen LogP contribution is 2.39. The van der Waals surface area contributed by atoms with E-state index in [4.69, 9.17) is 0 Å². The van der Waals surface area contributed by atoms with Crippen molar-refractivity contribution in [1.29, 1.82) is 0 Å². The van der Waals surface area contributed by atoms with Gasteiger partial charge in [-0.05, 0) is 49.4 Å². The Morgan fingerprint density at radius 1 is 1.33 bits per heavy atom. The molecule has 4 nitrogen and oxygen atoms in total. The summed E-state index contributed by atoms with van der Waals surface area (Å²) in [5.74, 6) is 1.43. The van der Waals surface area contributed by atoms with E-state index < -0.39 is 0 Å². The Balaban J connectivity index is 1.44. The van der Waals surface area contributed by atoms with Crippen LogP contribution in [0.1, 0.15) is 44.6 Å². The molecule has 3 rings (SSSR count). The lowest BCUT2D eigenvalue weighted by Gasteiger charge is -2.15.